The number of carbonyl (C=O) groups excluding carboxylic acids is 2. The van der Waals surface area contributed by atoms with Crippen molar-refractivity contribution >= 4 is 33.8 Å². The lowest BCUT2D eigenvalue weighted by atomic mass is 9.99. The van der Waals surface area contributed by atoms with Crippen LogP contribution in [0.1, 0.15) is 39.8 Å². The quantitative estimate of drug-likeness (QED) is 0.882. The fourth-order valence-electron chi connectivity index (χ4n) is 2.47. The van der Waals surface area contributed by atoms with Crippen LogP contribution in [0, 0.1) is 5.92 Å². The SMILES string of the molecule is CC1CCN(c2sc(C(=O)N(C)C)c(N)c2C(N)=O)CC1. The third kappa shape index (κ3) is 2.97. The molecule has 0 radical (unpaired) electrons. The molecule has 2 heterocycles. The van der Waals surface area contributed by atoms with Gasteiger partial charge in [0.05, 0.1) is 11.3 Å². The van der Waals surface area contributed by atoms with E-state index in [1.807, 2.05) is 0 Å². The van der Waals surface area contributed by atoms with E-state index in [2.05, 4.69) is 11.8 Å². The van der Waals surface area contributed by atoms with Gasteiger partial charge in [-0.3, -0.25) is 9.59 Å². The van der Waals surface area contributed by atoms with E-state index >= 15 is 0 Å². The Bertz CT molecular complexity index is 560. The summed E-state index contributed by atoms with van der Waals surface area (Å²) in [6.07, 6.45) is 2.12. The molecule has 0 aliphatic carbocycles. The topological polar surface area (TPSA) is 92.7 Å². The van der Waals surface area contributed by atoms with Gasteiger partial charge in [-0.1, -0.05) is 6.92 Å². The van der Waals surface area contributed by atoms with Gasteiger partial charge in [0.25, 0.3) is 11.8 Å². The van der Waals surface area contributed by atoms with Crippen LogP contribution < -0.4 is 16.4 Å². The normalized spacial score (nSPS) is 16.0. The lowest BCUT2D eigenvalue weighted by Crippen LogP contribution is -2.33. The summed E-state index contributed by atoms with van der Waals surface area (Å²) in [6.45, 7) is 3.93. The first kappa shape index (κ1) is 15.6. The number of carbonyl (C=O) groups is 2. The highest BCUT2D eigenvalue weighted by molar-refractivity contribution is 7.19. The van der Waals surface area contributed by atoms with Crippen LogP contribution in [0.2, 0.25) is 0 Å². The number of rotatable bonds is 3. The Kier molecular flexibility index (Phi) is 4.41. The molecule has 0 spiro atoms. The van der Waals surface area contributed by atoms with Gasteiger partial charge in [0, 0.05) is 27.2 Å². The highest BCUT2D eigenvalue weighted by Gasteiger charge is 2.29. The molecule has 7 heteroatoms. The van der Waals surface area contributed by atoms with Crippen LogP contribution in [-0.2, 0) is 0 Å². The highest BCUT2D eigenvalue weighted by atomic mass is 32.1. The summed E-state index contributed by atoms with van der Waals surface area (Å²) in [4.78, 5) is 27.9. The standard InChI is InChI=1S/C14H22N4O2S/c1-8-4-6-18(7-5-8)14-9(12(16)19)10(15)11(21-14)13(20)17(2)3/h8H,4-7,15H2,1-3H3,(H2,16,19). The van der Waals surface area contributed by atoms with E-state index in [1.165, 1.54) is 16.2 Å². The van der Waals surface area contributed by atoms with Crippen LogP contribution >= 0.6 is 11.3 Å². The maximum atomic E-state index is 12.2. The van der Waals surface area contributed by atoms with Crippen molar-refractivity contribution in [3.63, 3.8) is 0 Å². The van der Waals surface area contributed by atoms with Crippen LogP contribution in [-0.4, -0.2) is 43.9 Å². The van der Waals surface area contributed by atoms with Crippen molar-refractivity contribution in [1.82, 2.24) is 4.90 Å². The highest BCUT2D eigenvalue weighted by Crippen LogP contribution is 2.40. The van der Waals surface area contributed by atoms with Crippen molar-refractivity contribution in [1.29, 1.82) is 0 Å². The second kappa shape index (κ2) is 5.93. The molecule has 2 rings (SSSR count). The molecule has 0 atom stereocenters. The zero-order valence-corrected chi connectivity index (χ0v) is 13.5. The fraction of sp³-hybridized carbons (Fsp3) is 0.571. The van der Waals surface area contributed by atoms with Crippen LogP contribution in [0.15, 0.2) is 0 Å². The lowest BCUT2D eigenvalue weighted by molar-refractivity contribution is 0.0833. The molecule has 21 heavy (non-hydrogen) atoms. The van der Waals surface area contributed by atoms with E-state index < -0.39 is 5.91 Å². The van der Waals surface area contributed by atoms with Gasteiger partial charge in [-0.05, 0) is 18.8 Å². The molecular weight excluding hydrogens is 288 g/mol. The number of amides is 2. The summed E-state index contributed by atoms with van der Waals surface area (Å²) >= 11 is 1.27. The minimum absolute atomic E-state index is 0.198. The molecule has 0 saturated carbocycles. The molecule has 6 nitrogen and oxygen atoms in total. The predicted octanol–water partition coefficient (Wildman–Crippen LogP) is 1.37. The first-order valence-corrected chi connectivity index (χ1v) is 7.83. The number of anilines is 2. The molecule has 1 aromatic rings. The molecule has 2 amide bonds. The minimum atomic E-state index is -0.574. The summed E-state index contributed by atoms with van der Waals surface area (Å²) < 4.78 is 0. The number of piperidine rings is 1. The number of nitrogens with two attached hydrogens (primary N) is 2. The van der Waals surface area contributed by atoms with Gasteiger partial charge in [0.2, 0.25) is 0 Å². The Morgan fingerprint density at radius 2 is 1.86 bits per heavy atom. The molecule has 116 valence electrons. The molecule has 1 aliphatic rings. The van der Waals surface area contributed by atoms with Gasteiger partial charge in [0.15, 0.2) is 0 Å². The van der Waals surface area contributed by atoms with Crippen molar-refractivity contribution in [2.45, 2.75) is 19.8 Å². The Labute approximate surface area is 128 Å². The Balaban J connectivity index is 2.43. The maximum absolute atomic E-state index is 12.2. The Hall–Kier alpha value is -1.76. The second-order valence-corrected chi connectivity index (χ2v) is 6.76. The maximum Gasteiger partial charge on any atom is 0.265 e. The molecule has 0 bridgehead atoms. The van der Waals surface area contributed by atoms with Gasteiger partial charge in [0.1, 0.15) is 9.88 Å². The molecular formula is C14H22N4O2S. The van der Waals surface area contributed by atoms with Crippen LogP contribution in [0.25, 0.3) is 0 Å². The number of hydrogen-bond acceptors (Lipinski definition) is 5. The van der Waals surface area contributed by atoms with Gasteiger partial charge in [-0.25, -0.2) is 0 Å². The van der Waals surface area contributed by atoms with Crippen molar-refractivity contribution in [2.75, 3.05) is 37.8 Å². The predicted molar refractivity (Wildman–Crippen MR) is 85.9 cm³/mol. The zero-order chi connectivity index (χ0) is 15.7. The summed E-state index contributed by atoms with van der Waals surface area (Å²) in [5.41, 5.74) is 12.0. The average molecular weight is 310 g/mol. The Morgan fingerprint density at radius 3 is 2.33 bits per heavy atom. The van der Waals surface area contributed by atoms with Gasteiger partial charge >= 0.3 is 0 Å². The number of nitrogen functional groups attached to an aromatic ring is 1. The fourth-order valence-corrected chi connectivity index (χ4v) is 3.77. The van der Waals surface area contributed by atoms with Crippen molar-refractivity contribution in [3.8, 4) is 0 Å². The first-order chi connectivity index (χ1) is 9.82. The number of thiophene rings is 1. The van der Waals surface area contributed by atoms with E-state index in [4.69, 9.17) is 11.5 Å². The van der Waals surface area contributed by atoms with Crippen molar-refractivity contribution in [3.05, 3.63) is 10.4 Å². The largest absolute Gasteiger partial charge is 0.397 e. The van der Waals surface area contributed by atoms with E-state index in [-0.39, 0.29) is 11.6 Å². The third-order valence-corrected chi connectivity index (χ3v) is 5.10. The van der Waals surface area contributed by atoms with E-state index in [1.54, 1.807) is 14.1 Å². The molecule has 1 aliphatic heterocycles. The average Bonchev–Trinajstić information content (AvgIpc) is 2.76. The number of primary amides is 1. The lowest BCUT2D eigenvalue weighted by Gasteiger charge is -2.31. The summed E-state index contributed by atoms with van der Waals surface area (Å²) in [5, 5.41) is 0.733. The number of nitrogens with zero attached hydrogens (tertiary/aromatic N) is 2. The molecule has 4 N–H and O–H groups in total. The molecule has 1 saturated heterocycles. The summed E-state index contributed by atoms with van der Waals surface area (Å²) in [7, 11) is 3.32. The monoisotopic (exact) mass is 310 g/mol. The molecule has 0 aromatic carbocycles. The minimum Gasteiger partial charge on any atom is -0.397 e. The molecule has 1 fully saturated rings. The second-order valence-electron chi connectivity index (χ2n) is 5.76. The third-order valence-electron chi connectivity index (χ3n) is 3.84. The first-order valence-electron chi connectivity index (χ1n) is 7.01. The smallest absolute Gasteiger partial charge is 0.265 e. The summed E-state index contributed by atoms with van der Waals surface area (Å²) in [6, 6.07) is 0. The van der Waals surface area contributed by atoms with Gasteiger partial charge in [-0.2, -0.15) is 0 Å². The molecule has 0 unspecified atom stereocenters. The zero-order valence-electron chi connectivity index (χ0n) is 12.7. The van der Waals surface area contributed by atoms with E-state index in [9.17, 15) is 9.59 Å². The number of hydrogen-bond donors (Lipinski definition) is 2. The summed E-state index contributed by atoms with van der Waals surface area (Å²) in [5.74, 6) is -0.0923. The Morgan fingerprint density at radius 1 is 1.29 bits per heavy atom. The molecule has 1 aromatic heterocycles. The van der Waals surface area contributed by atoms with E-state index in [0.29, 0.717) is 16.4 Å². The van der Waals surface area contributed by atoms with Gasteiger partial charge in [-0.15, -0.1) is 11.3 Å². The van der Waals surface area contributed by atoms with E-state index in [0.717, 1.165) is 30.9 Å². The van der Waals surface area contributed by atoms with Gasteiger partial charge < -0.3 is 21.3 Å². The van der Waals surface area contributed by atoms with Crippen LogP contribution in [0.4, 0.5) is 10.7 Å². The van der Waals surface area contributed by atoms with Crippen molar-refractivity contribution in [2.24, 2.45) is 11.7 Å². The van der Waals surface area contributed by atoms with Crippen LogP contribution in [0.3, 0.4) is 0 Å². The van der Waals surface area contributed by atoms with Crippen LogP contribution in [0.5, 0.6) is 0 Å². The van der Waals surface area contributed by atoms with Crippen molar-refractivity contribution < 1.29 is 9.59 Å².